The molecule has 0 saturated heterocycles. The summed E-state index contributed by atoms with van der Waals surface area (Å²) in [6, 6.07) is 5.86. The molecule has 1 saturated carbocycles. The van der Waals surface area contributed by atoms with Crippen LogP contribution in [0.5, 0.6) is 0 Å². The number of rotatable bonds is 3. The van der Waals surface area contributed by atoms with Crippen molar-refractivity contribution in [2.45, 2.75) is 31.8 Å². The first kappa shape index (κ1) is 13.7. The van der Waals surface area contributed by atoms with Crippen LogP contribution >= 0.6 is 0 Å². The second-order valence-electron chi connectivity index (χ2n) is 6.39. The van der Waals surface area contributed by atoms with Crippen LogP contribution in [0.15, 0.2) is 30.6 Å². The lowest BCUT2D eigenvalue weighted by atomic mass is 10.3. The fourth-order valence-electron chi connectivity index (χ4n) is 3.33. The average molecular weight is 322 g/mol. The second-order valence-corrected chi connectivity index (χ2v) is 6.39. The third kappa shape index (κ3) is 2.12. The maximum Gasteiger partial charge on any atom is 0.277 e. The van der Waals surface area contributed by atoms with Gasteiger partial charge in [-0.05, 0) is 25.0 Å². The van der Waals surface area contributed by atoms with Gasteiger partial charge in [-0.1, -0.05) is 6.07 Å². The van der Waals surface area contributed by atoms with Crippen LogP contribution in [0.4, 0.5) is 5.82 Å². The second kappa shape index (κ2) is 5.17. The number of amides is 1. The van der Waals surface area contributed by atoms with Gasteiger partial charge < -0.3 is 19.6 Å². The molecule has 2 N–H and O–H groups in total. The third-order valence-corrected chi connectivity index (χ3v) is 4.71. The molecule has 0 spiro atoms. The Bertz CT molecular complexity index is 936. The molecule has 24 heavy (non-hydrogen) atoms. The van der Waals surface area contributed by atoms with E-state index in [1.165, 1.54) is 0 Å². The number of fused-ring (bicyclic) bond motifs is 2. The molecule has 3 aromatic rings. The number of carbonyl (C=O) groups is 1. The van der Waals surface area contributed by atoms with Gasteiger partial charge in [-0.3, -0.25) is 4.79 Å². The smallest absolute Gasteiger partial charge is 0.277 e. The van der Waals surface area contributed by atoms with Gasteiger partial charge in [0.05, 0.1) is 18.3 Å². The van der Waals surface area contributed by atoms with Crippen molar-refractivity contribution in [1.82, 2.24) is 24.3 Å². The molecule has 2 aliphatic rings. The summed E-state index contributed by atoms with van der Waals surface area (Å²) in [6.45, 7) is 2.42. The Labute approximate surface area is 138 Å². The van der Waals surface area contributed by atoms with E-state index in [9.17, 15) is 4.79 Å². The standard InChI is InChI=1S/C17H18N6O/c24-17(20-14-10-19-13-9-18-6-8-23(13)14)15-12-3-1-2-7-22(12)16(21-15)11-4-5-11/h1-3,7,10-11,18H,4-6,8-9H2,(H,20,24). The number of nitrogens with zero attached hydrogens (tertiary/aromatic N) is 4. The largest absolute Gasteiger partial charge is 0.312 e. The van der Waals surface area contributed by atoms with Crippen LogP contribution < -0.4 is 10.6 Å². The van der Waals surface area contributed by atoms with Crippen LogP contribution in [0.3, 0.4) is 0 Å². The lowest BCUT2D eigenvalue weighted by Crippen LogP contribution is -2.29. The lowest BCUT2D eigenvalue weighted by molar-refractivity contribution is 0.102. The van der Waals surface area contributed by atoms with Crippen LogP contribution in [0.25, 0.3) is 5.52 Å². The third-order valence-electron chi connectivity index (χ3n) is 4.71. The van der Waals surface area contributed by atoms with E-state index in [1.54, 1.807) is 6.20 Å². The van der Waals surface area contributed by atoms with E-state index in [-0.39, 0.29) is 5.91 Å². The first-order valence-electron chi connectivity index (χ1n) is 8.35. The molecule has 1 amide bonds. The van der Waals surface area contributed by atoms with Gasteiger partial charge in [-0.2, -0.15) is 0 Å². The number of anilines is 1. The summed E-state index contributed by atoms with van der Waals surface area (Å²) in [6.07, 6.45) is 6.01. The molecule has 4 heterocycles. The molecule has 0 unspecified atom stereocenters. The monoisotopic (exact) mass is 322 g/mol. The minimum absolute atomic E-state index is 0.174. The summed E-state index contributed by atoms with van der Waals surface area (Å²) in [7, 11) is 0. The quantitative estimate of drug-likeness (QED) is 0.770. The van der Waals surface area contributed by atoms with Crippen LogP contribution in [0.2, 0.25) is 0 Å². The van der Waals surface area contributed by atoms with Gasteiger partial charge in [-0.25, -0.2) is 9.97 Å². The Kier molecular flexibility index (Phi) is 2.96. The van der Waals surface area contributed by atoms with Crippen molar-refractivity contribution in [1.29, 1.82) is 0 Å². The SMILES string of the molecule is O=C(Nc1cnc2n1CCNC2)c1nc(C2CC2)n2ccccc12. The van der Waals surface area contributed by atoms with Gasteiger partial charge in [0.1, 0.15) is 17.5 Å². The van der Waals surface area contributed by atoms with E-state index in [4.69, 9.17) is 0 Å². The number of hydrogen-bond donors (Lipinski definition) is 2. The van der Waals surface area contributed by atoms with Gasteiger partial charge in [0.15, 0.2) is 5.69 Å². The minimum atomic E-state index is -0.174. The molecular weight excluding hydrogens is 304 g/mol. The molecule has 0 atom stereocenters. The maximum atomic E-state index is 12.8. The molecule has 1 aliphatic carbocycles. The molecule has 122 valence electrons. The van der Waals surface area contributed by atoms with Crippen LogP contribution in [0, 0.1) is 0 Å². The molecule has 0 bridgehead atoms. The Hall–Kier alpha value is -2.67. The highest BCUT2D eigenvalue weighted by Crippen LogP contribution is 2.40. The highest BCUT2D eigenvalue weighted by molar-refractivity contribution is 6.07. The summed E-state index contributed by atoms with van der Waals surface area (Å²) in [4.78, 5) is 21.8. The predicted octanol–water partition coefficient (Wildman–Crippen LogP) is 1.76. The van der Waals surface area contributed by atoms with E-state index in [2.05, 4.69) is 25.2 Å². The fourth-order valence-corrected chi connectivity index (χ4v) is 3.33. The summed E-state index contributed by atoms with van der Waals surface area (Å²) < 4.78 is 4.09. The van der Waals surface area contributed by atoms with E-state index in [0.717, 1.165) is 55.5 Å². The highest BCUT2D eigenvalue weighted by Gasteiger charge is 2.30. The number of carbonyl (C=O) groups excluding carboxylic acids is 1. The summed E-state index contributed by atoms with van der Waals surface area (Å²) in [5.74, 6) is 2.99. The molecule has 1 fully saturated rings. The molecule has 5 rings (SSSR count). The predicted molar refractivity (Wildman–Crippen MR) is 89.1 cm³/mol. The topological polar surface area (TPSA) is 76.2 Å². The van der Waals surface area contributed by atoms with Gasteiger partial charge in [0.2, 0.25) is 0 Å². The summed E-state index contributed by atoms with van der Waals surface area (Å²) in [5, 5.41) is 6.26. The molecule has 7 nitrogen and oxygen atoms in total. The van der Waals surface area contributed by atoms with Crippen molar-refractivity contribution in [2.75, 3.05) is 11.9 Å². The number of hydrogen-bond acceptors (Lipinski definition) is 4. The van der Waals surface area contributed by atoms with E-state index in [0.29, 0.717) is 11.6 Å². The fraction of sp³-hybridized carbons (Fsp3) is 0.353. The first-order chi connectivity index (χ1) is 11.8. The highest BCUT2D eigenvalue weighted by atomic mass is 16.2. The van der Waals surface area contributed by atoms with Crippen molar-refractivity contribution in [3.8, 4) is 0 Å². The molecule has 7 heteroatoms. The van der Waals surface area contributed by atoms with Crippen LogP contribution in [-0.4, -0.2) is 31.4 Å². The normalized spacial score (nSPS) is 17.0. The van der Waals surface area contributed by atoms with E-state index in [1.807, 2.05) is 28.8 Å². The maximum absolute atomic E-state index is 12.8. The Morgan fingerprint density at radius 1 is 1.33 bits per heavy atom. The van der Waals surface area contributed by atoms with E-state index < -0.39 is 0 Å². The number of nitrogens with one attached hydrogen (secondary N) is 2. The molecular formula is C17H18N6O. The molecule has 0 aromatic carbocycles. The zero-order chi connectivity index (χ0) is 16.1. The van der Waals surface area contributed by atoms with Gasteiger partial charge in [0.25, 0.3) is 5.91 Å². The number of aromatic nitrogens is 4. The first-order valence-corrected chi connectivity index (χ1v) is 8.35. The molecule has 3 aromatic heterocycles. The molecule has 0 radical (unpaired) electrons. The van der Waals surface area contributed by atoms with Crippen molar-refractivity contribution < 1.29 is 4.79 Å². The minimum Gasteiger partial charge on any atom is -0.312 e. The zero-order valence-electron chi connectivity index (χ0n) is 13.2. The van der Waals surface area contributed by atoms with Crippen LogP contribution in [0.1, 0.15) is 40.9 Å². The summed E-state index contributed by atoms with van der Waals surface area (Å²) >= 11 is 0. The Balaban J connectivity index is 1.51. The average Bonchev–Trinajstić information content (AvgIpc) is 3.27. The van der Waals surface area contributed by atoms with Crippen molar-refractivity contribution in [3.63, 3.8) is 0 Å². The zero-order valence-corrected chi connectivity index (χ0v) is 13.2. The van der Waals surface area contributed by atoms with Gasteiger partial charge >= 0.3 is 0 Å². The lowest BCUT2D eigenvalue weighted by Gasteiger charge is -2.17. The van der Waals surface area contributed by atoms with Crippen molar-refractivity contribution in [2.24, 2.45) is 0 Å². The van der Waals surface area contributed by atoms with Gasteiger partial charge in [-0.15, -0.1) is 0 Å². The summed E-state index contributed by atoms with van der Waals surface area (Å²) in [5.41, 5.74) is 1.35. The number of pyridine rings is 1. The van der Waals surface area contributed by atoms with Crippen molar-refractivity contribution >= 4 is 17.2 Å². The Morgan fingerprint density at radius 2 is 2.25 bits per heavy atom. The van der Waals surface area contributed by atoms with Crippen LogP contribution in [-0.2, 0) is 13.1 Å². The van der Waals surface area contributed by atoms with Crippen molar-refractivity contribution in [3.05, 3.63) is 47.9 Å². The van der Waals surface area contributed by atoms with Gasteiger partial charge in [0, 0.05) is 25.2 Å². The molecule has 1 aliphatic heterocycles. The number of imidazole rings is 2. The Morgan fingerprint density at radius 3 is 3.12 bits per heavy atom. The van der Waals surface area contributed by atoms with E-state index >= 15 is 0 Å².